The molecule has 18 heavy (non-hydrogen) atoms. The molecule has 2 heterocycles. The van der Waals surface area contributed by atoms with Gasteiger partial charge in [-0.25, -0.2) is 13.1 Å². The first kappa shape index (κ1) is 13.2. The average molecular weight is 331 g/mol. The number of hydrogen-bond acceptors (Lipinski definition) is 5. The summed E-state index contributed by atoms with van der Waals surface area (Å²) in [7, 11) is -3.27. The van der Waals surface area contributed by atoms with Crippen LogP contribution >= 0.6 is 15.9 Å². The van der Waals surface area contributed by atoms with Gasteiger partial charge in [0.15, 0.2) is 9.84 Å². The fourth-order valence-electron chi connectivity index (χ4n) is 1.44. The molecule has 0 saturated heterocycles. The van der Waals surface area contributed by atoms with Gasteiger partial charge in [-0.3, -0.25) is 4.98 Å². The van der Waals surface area contributed by atoms with Crippen molar-refractivity contribution in [2.24, 2.45) is 5.73 Å². The summed E-state index contributed by atoms with van der Waals surface area (Å²) in [5.74, 6) is 0. The van der Waals surface area contributed by atoms with Gasteiger partial charge in [0.1, 0.15) is 4.90 Å². The molecule has 6 nitrogen and oxygen atoms in total. The minimum absolute atomic E-state index is 0.158. The molecule has 0 aliphatic heterocycles. The molecular weight excluding hydrogens is 320 g/mol. The number of hydrogen-bond donors (Lipinski definition) is 1. The molecule has 0 bridgehead atoms. The summed E-state index contributed by atoms with van der Waals surface area (Å²) in [5.41, 5.74) is 6.89. The Morgan fingerprint density at radius 2 is 2.17 bits per heavy atom. The van der Waals surface area contributed by atoms with E-state index in [0.717, 1.165) is 10.7 Å². The number of sulfone groups is 1. The zero-order chi connectivity index (χ0) is 13.3. The van der Waals surface area contributed by atoms with Crippen molar-refractivity contribution in [1.29, 1.82) is 0 Å². The van der Waals surface area contributed by atoms with E-state index in [4.69, 9.17) is 5.73 Å². The molecule has 0 radical (unpaired) electrons. The first-order valence-electron chi connectivity index (χ1n) is 5.01. The quantitative estimate of drug-likeness (QED) is 0.902. The monoisotopic (exact) mass is 330 g/mol. The van der Waals surface area contributed by atoms with Crippen molar-refractivity contribution in [2.75, 3.05) is 6.26 Å². The molecule has 0 spiro atoms. The second-order valence-corrected chi connectivity index (χ2v) is 6.65. The second-order valence-electron chi connectivity index (χ2n) is 3.72. The second kappa shape index (κ2) is 4.79. The molecule has 0 aliphatic carbocycles. The summed E-state index contributed by atoms with van der Waals surface area (Å²) in [6, 6.07) is 1.79. The van der Waals surface area contributed by atoms with Crippen molar-refractivity contribution < 1.29 is 8.42 Å². The maximum absolute atomic E-state index is 11.4. The summed E-state index contributed by atoms with van der Waals surface area (Å²) in [4.78, 5) is 4.32. The molecule has 2 rings (SSSR count). The van der Waals surface area contributed by atoms with Crippen molar-refractivity contribution in [3.63, 3.8) is 0 Å². The van der Waals surface area contributed by atoms with Gasteiger partial charge in [-0.2, -0.15) is 5.10 Å². The van der Waals surface area contributed by atoms with Gasteiger partial charge < -0.3 is 5.73 Å². The zero-order valence-corrected chi connectivity index (χ0v) is 11.9. The van der Waals surface area contributed by atoms with Gasteiger partial charge in [0.25, 0.3) is 0 Å². The lowest BCUT2D eigenvalue weighted by Gasteiger charge is -2.06. The maximum Gasteiger partial charge on any atom is 0.178 e. The van der Waals surface area contributed by atoms with Crippen LogP contribution < -0.4 is 5.73 Å². The molecule has 2 N–H and O–H groups in total. The normalized spacial score (nSPS) is 11.7. The Morgan fingerprint density at radius 3 is 2.72 bits per heavy atom. The Hall–Kier alpha value is -1.25. The number of nitrogens with zero attached hydrogens (tertiary/aromatic N) is 3. The third-order valence-corrected chi connectivity index (χ3v) is 3.84. The average Bonchev–Trinajstić information content (AvgIpc) is 2.77. The highest BCUT2D eigenvalue weighted by Gasteiger charge is 2.13. The molecule has 8 heteroatoms. The number of aromatic nitrogens is 3. The molecular formula is C10H11BrN4O2S. The Labute approximate surface area is 113 Å². The minimum Gasteiger partial charge on any atom is -0.325 e. The lowest BCUT2D eigenvalue weighted by Crippen LogP contribution is -2.07. The van der Waals surface area contributed by atoms with E-state index >= 15 is 0 Å². The highest BCUT2D eigenvalue weighted by Crippen LogP contribution is 2.19. The van der Waals surface area contributed by atoms with Crippen LogP contribution in [0.4, 0.5) is 0 Å². The lowest BCUT2D eigenvalue weighted by molar-refractivity contribution is 0.602. The number of nitrogens with two attached hydrogens (primary N) is 1. The van der Waals surface area contributed by atoms with Crippen LogP contribution in [0.1, 0.15) is 5.69 Å². The molecule has 0 fully saturated rings. The van der Waals surface area contributed by atoms with E-state index in [-0.39, 0.29) is 11.4 Å². The van der Waals surface area contributed by atoms with Gasteiger partial charge in [-0.15, -0.1) is 0 Å². The highest BCUT2D eigenvalue weighted by molar-refractivity contribution is 9.10. The highest BCUT2D eigenvalue weighted by atomic mass is 79.9. The summed E-state index contributed by atoms with van der Waals surface area (Å²) in [5, 5.41) is 4.02. The van der Waals surface area contributed by atoms with Crippen molar-refractivity contribution in [3.05, 3.63) is 34.8 Å². The van der Waals surface area contributed by atoms with Crippen LogP contribution in [0.5, 0.6) is 0 Å². The van der Waals surface area contributed by atoms with Gasteiger partial charge in [-0.05, 0) is 22.0 Å². The van der Waals surface area contributed by atoms with E-state index < -0.39 is 9.84 Å². The zero-order valence-electron chi connectivity index (χ0n) is 9.54. The molecule has 0 amide bonds. The van der Waals surface area contributed by atoms with E-state index in [1.165, 1.54) is 17.1 Å². The number of halogens is 1. The van der Waals surface area contributed by atoms with Gasteiger partial charge in [-0.1, -0.05) is 0 Å². The molecule has 0 unspecified atom stereocenters. The SMILES string of the molecule is CS(=O)(=O)c1cnn(-c2cc(Br)cnc2CN)c1. The predicted octanol–water partition coefficient (Wildman–Crippen LogP) is 0.892. The van der Waals surface area contributed by atoms with E-state index in [1.807, 2.05) is 0 Å². The summed E-state index contributed by atoms with van der Waals surface area (Å²) >= 11 is 3.31. The maximum atomic E-state index is 11.4. The molecule has 0 saturated carbocycles. The van der Waals surface area contributed by atoms with E-state index in [2.05, 4.69) is 26.0 Å². The smallest absolute Gasteiger partial charge is 0.178 e. The molecule has 2 aromatic heterocycles. The third-order valence-electron chi connectivity index (χ3n) is 2.34. The van der Waals surface area contributed by atoms with Crippen molar-refractivity contribution in [2.45, 2.75) is 11.4 Å². The Bertz CT molecular complexity index is 681. The van der Waals surface area contributed by atoms with Crippen LogP contribution in [0.15, 0.2) is 34.0 Å². The first-order chi connectivity index (χ1) is 8.41. The topological polar surface area (TPSA) is 90.9 Å². The first-order valence-corrected chi connectivity index (χ1v) is 7.70. The van der Waals surface area contributed by atoms with E-state index in [0.29, 0.717) is 11.4 Å². The Morgan fingerprint density at radius 1 is 1.44 bits per heavy atom. The molecule has 0 aliphatic rings. The van der Waals surface area contributed by atoms with E-state index in [9.17, 15) is 8.42 Å². The van der Waals surface area contributed by atoms with Gasteiger partial charge in [0, 0.05) is 29.7 Å². The number of pyridine rings is 1. The Kier molecular flexibility index (Phi) is 3.51. The fraction of sp³-hybridized carbons (Fsp3) is 0.200. The predicted molar refractivity (Wildman–Crippen MR) is 70.1 cm³/mol. The van der Waals surface area contributed by atoms with Crippen molar-refractivity contribution in [1.82, 2.24) is 14.8 Å². The largest absolute Gasteiger partial charge is 0.325 e. The number of rotatable bonds is 3. The van der Waals surface area contributed by atoms with Crippen LogP contribution in [-0.4, -0.2) is 29.4 Å². The van der Waals surface area contributed by atoms with Crippen molar-refractivity contribution in [3.8, 4) is 5.69 Å². The van der Waals surface area contributed by atoms with Crippen LogP contribution in [0.2, 0.25) is 0 Å². The summed E-state index contributed by atoms with van der Waals surface area (Å²) in [6.07, 6.45) is 5.51. The molecule has 2 aromatic rings. The van der Waals surface area contributed by atoms with E-state index in [1.54, 1.807) is 12.3 Å². The van der Waals surface area contributed by atoms with Crippen LogP contribution in [0.25, 0.3) is 5.69 Å². The lowest BCUT2D eigenvalue weighted by atomic mass is 10.3. The van der Waals surface area contributed by atoms with Gasteiger partial charge in [0.2, 0.25) is 0 Å². The van der Waals surface area contributed by atoms with Crippen LogP contribution in [0, 0.1) is 0 Å². The Balaban J connectivity index is 2.55. The molecule has 0 aromatic carbocycles. The standard InChI is InChI=1S/C10H11BrN4O2S/c1-18(16,17)8-5-14-15(6-8)10-2-7(11)4-13-9(10)3-12/h2,4-6H,3,12H2,1H3. The van der Waals surface area contributed by atoms with Gasteiger partial charge in [0.05, 0.1) is 17.6 Å². The van der Waals surface area contributed by atoms with Crippen LogP contribution in [0.3, 0.4) is 0 Å². The molecule has 0 atom stereocenters. The van der Waals surface area contributed by atoms with Gasteiger partial charge >= 0.3 is 0 Å². The van der Waals surface area contributed by atoms with Crippen LogP contribution in [-0.2, 0) is 16.4 Å². The summed E-state index contributed by atoms with van der Waals surface area (Å²) in [6.45, 7) is 0.247. The molecule has 96 valence electrons. The summed E-state index contributed by atoms with van der Waals surface area (Å²) < 4.78 is 25.0. The third kappa shape index (κ3) is 2.60. The van der Waals surface area contributed by atoms with Crippen molar-refractivity contribution >= 4 is 25.8 Å². The fourth-order valence-corrected chi connectivity index (χ4v) is 2.29. The minimum atomic E-state index is -3.27.